The van der Waals surface area contributed by atoms with Crippen LogP contribution >= 0.6 is 11.3 Å². The van der Waals surface area contributed by atoms with Gasteiger partial charge in [-0.1, -0.05) is 0 Å². The van der Waals surface area contributed by atoms with Gasteiger partial charge in [0.25, 0.3) is 5.91 Å². The Hall–Kier alpha value is -2.23. The van der Waals surface area contributed by atoms with E-state index >= 15 is 0 Å². The van der Waals surface area contributed by atoms with Crippen LogP contribution in [0.25, 0.3) is 0 Å². The van der Waals surface area contributed by atoms with Gasteiger partial charge in [0, 0.05) is 13.1 Å². The molecule has 0 aliphatic heterocycles. The Morgan fingerprint density at radius 3 is 2.71 bits per heavy atom. The Morgan fingerprint density at radius 1 is 1.48 bits per heavy atom. The number of amides is 1. The van der Waals surface area contributed by atoms with Crippen LogP contribution in [0.5, 0.6) is 0 Å². The van der Waals surface area contributed by atoms with E-state index in [0.29, 0.717) is 15.6 Å². The normalized spacial score (nSPS) is 12.0. The first kappa shape index (κ1) is 15.2. The predicted molar refractivity (Wildman–Crippen MR) is 67.5 cm³/mol. The van der Waals surface area contributed by atoms with Crippen LogP contribution in [0.4, 0.5) is 17.6 Å². The number of halogens is 4. The van der Waals surface area contributed by atoms with E-state index in [-0.39, 0.29) is 0 Å². The molecular weight excluding hydrogens is 312 g/mol. The topological polar surface area (TPSA) is 59.3 Å². The van der Waals surface area contributed by atoms with E-state index in [9.17, 15) is 22.4 Å². The zero-order chi connectivity index (χ0) is 15.6. The fourth-order valence-electron chi connectivity index (χ4n) is 1.45. The molecular formula is C11H8F4N4OS. The first-order valence-electron chi connectivity index (χ1n) is 5.47. The number of alkyl halides is 3. The second-order valence-corrected chi connectivity index (χ2v) is 4.94. The minimum absolute atomic E-state index is 0.415. The standard InChI is InChI=1S/C11H8F4N4OS/c1-19-8(11(13,14)15)4-7(18-19)10(20)17-16-5-6-2-3-9(12)21-6/h2-5H,1H3,(H,17,20)/b16-5+. The van der Waals surface area contributed by atoms with Crippen molar-refractivity contribution in [1.29, 1.82) is 0 Å². The summed E-state index contributed by atoms with van der Waals surface area (Å²) in [4.78, 5) is 12.0. The van der Waals surface area contributed by atoms with Gasteiger partial charge < -0.3 is 0 Å². The summed E-state index contributed by atoms with van der Waals surface area (Å²) >= 11 is 0.809. The van der Waals surface area contributed by atoms with Crippen LogP contribution < -0.4 is 5.43 Å². The molecule has 5 nitrogen and oxygen atoms in total. The second kappa shape index (κ2) is 5.64. The molecule has 10 heteroatoms. The van der Waals surface area contributed by atoms with Crippen molar-refractivity contribution in [2.45, 2.75) is 6.18 Å². The SMILES string of the molecule is Cn1nc(C(=O)N/N=C/c2ccc(F)s2)cc1C(F)(F)F. The van der Waals surface area contributed by atoms with Crippen LogP contribution in [0.3, 0.4) is 0 Å². The van der Waals surface area contributed by atoms with Gasteiger partial charge in [0.15, 0.2) is 10.8 Å². The molecule has 2 heterocycles. The monoisotopic (exact) mass is 320 g/mol. The number of rotatable bonds is 3. The molecule has 0 aromatic carbocycles. The largest absolute Gasteiger partial charge is 0.433 e. The molecule has 0 atom stereocenters. The van der Waals surface area contributed by atoms with E-state index < -0.39 is 28.6 Å². The van der Waals surface area contributed by atoms with E-state index in [2.05, 4.69) is 10.2 Å². The van der Waals surface area contributed by atoms with Gasteiger partial charge in [-0.3, -0.25) is 9.48 Å². The van der Waals surface area contributed by atoms with Gasteiger partial charge in [0.2, 0.25) is 0 Å². The van der Waals surface area contributed by atoms with E-state index in [4.69, 9.17) is 0 Å². The maximum atomic E-state index is 12.7. The summed E-state index contributed by atoms with van der Waals surface area (Å²) in [6, 6.07) is 3.29. The summed E-state index contributed by atoms with van der Waals surface area (Å²) in [6.45, 7) is 0. The third-order valence-electron chi connectivity index (χ3n) is 2.35. The van der Waals surface area contributed by atoms with Crippen molar-refractivity contribution in [1.82, 2.24) is 15.2 Å². The van der Waals surface area contributed by atoms with E-state index in [1.807, 2.05) is 5.43 Å². The highest BCUT2D eigenvalue weighted by atomic mass is 32.1. The average Bonchev–Trinajstić information content (AvgIpc) is 2.95. The zero-order valence-corrected chi connectivity index (χ0v) is 11.3. The smallest absolute Gasteiger partial charge is 0.265 e. The second-order valence-electron chi connectivity index (χ2n) is 3.88. The van der Waals surface area contributed by atoms with Gasteiger partial charge in [-0.25, -0.2) is 5.43 Å². The molecule has 1 amide bonds. The van der Waals surface area contributed by atoms with Crippen LogP contribution in [0.2, 0.25) is 0 Å². The number of aromatic nitrogens is 2. The van der Waals surface area contributed by atoms with E-state index in [1.165, 1.54) is 18.3 Å². The molecule has 0 aliphatic rings. The quantitative estimate of drug-likeness (QED) is 0.536. The van der Waals surface area contributed by atoms with Crippen LogP contribution in [-0.2, 0) is 13.2 Å². The lowest BCUT2D eigenvalue weighted by atomic mass is 10.3. The van der Waals surface area contributed by atoms with Gasteiger partial charge in [0.05, 0.1) is 11.1 Å². The Bertz CT molecular complexity index is 689. The van der Waals surface area contributed by atoms with Crippen LogP contribution in [0.1, 0.15) is 21.1 Å². The van der Waals surface area contributed by atoms with Crippen molar-refractivity contribution in [3.05, 3.63) is 39.6 Å². The highest BCUT2D eigenvalue weighted by molar-refractivity contribution is 7.12. The van der Waals surface area contributed by atoms with Gasteiger partial charge in [-0.15, -0.1) is 11.3 Å². The first-order chi connectivity index (χ1) is 9.77. The zero-order valence-electron chi connectivity index (χ0n) is 10.5. The molecule has 0 spiro atoms. The van der Waals surface area contributed by atoms with Crippen molar-refractivity contribution in [2.24, 2.45) is 12.1 Å². The molecule has 112 valence electrons. The molecule has 0 bridgehead atoms. The number of hydrazone groups is 1. The lowest BCUT2D eigenvalue weighted by Gasteiger charge is -2.04. The minimum atomic E-state index is -4.60. The highest BCUT2D eigenvalue weighted by Crippen LogP contribution is 2.29. The van der Waals surface area contributed by atoms with Crippen molar-refractivity contribution in [2.75, 3.05) is 0 Å². The molecule has 0 saturated heterocycles. The molecule has 21 heavy (non-hydrogen) atoms. The van der Waals surface area contributed by atoms with Crippen molar-refractivity contribution < 1.29 is 22.4 Å². The van der Waals surface area contributed by atoms with Gasteiger partial charge >= 0.3 is 6.18 Å². The number of carbonyl (C=O) groups is 1. The fraction of sp³-hybridized carbons (Fsp3) is 0.182. The third-order valence-corrected chi connectivity index (χ3v) is 3.16. The summed E-state index contributed by atoms with van der Waals surface area (Å²) in [6.07, 6.45) is -3.42. The van der Waals surface area contributed by atoms with Crippen molar-refractivity contribution in [3.8, 4) is 0 Å². The highest BCUT2D eigenvalue weighted by Gasteiger charge is 2.35. The Kier molecular flexibility index (Phi) is 4.07. The number of nitrogens with one attached hydrogen (secondary N) is 1. The summed E-state index contributed by atoms with van der Waals surface area (Å²) in [5.41, 5.74) is 0.558. The first-order valence-corrected chi connectivity index (χ1v) is 6.29. The Balaban J connectivity index is 2.06. The van der Waals surface area contributed by atoms with Gasteiger partial charge in [0.1, 0.15) is 5.69 Å². The summed E-state index contributed by atoms with van der Waals surface area (Å²) in [7, 11) is 1.08. The number of aryl methyl sites for hydroxylation is 1. The Labute approximate surface area is 119 Å². The number of carbonyl (C=O) groups excluding carboxylic acids is 1. The maximum absolute atomic E-state index is 12.7. The number of thiophene rings is 1. The molecule has 0 fully saturated rings. The molecule has 0 aliphatic carbocycles. The van der Waals surface area contributed by atoms with E-state index in [1.54, 1.807) is 0 Å². The molecule has 1 N–H and O–H groups in total. The van der Waals surface area contributed by atoms with Crippen molar-refractivity contribution >= 4 is 23.5 Å². The van der Waals surface area contributed by atoms with Crippen LogP contribution in [0, 0.1) is 5.13 Å². The number of hydrogen-bond acceptors (Lipinski definition) is 4. The molecule has 2 aromatic heterocycles. The lowest BCUT2D eigenvalue weighted by molar-refractivity contribution is -0.143. The third kappa shape index (κ3) is 3.66. The minimum Gasteiger partial charge on any atom is -0.265 e. The molecule has 0 saturated carbocycles. The van der Waals surface area contributed by atoms with E-state index in [0.717, 1.165) is 18.4 Å². The average molecular weight is 320 g/mol. The predicted octanol–water partition coefficient (Wildman–Crippen LogP) is 2.40. The Morgan fingerprint density at radius 2 is 2.19 bits per heavy atom. The van der Waals surface area contributed by atoms with Gasteiger partial charge in [-0.05, 0) is 12.1 Å². The maximum Gasteiger partial charge on any atom is 0.433 e. The van der Waals surface area contributed by atoms with Crippen LogP contribution in [-0.4, -0.2) is 21.9 Å². The molecule has 2 rings (SSSR count). The summed E-state index contributed by atoms with van der Waals surface area (Å²) in [5.74, 6) is -0.894. The van der Waals surface area contributed by atoms with Crippen LogP contribution in [0.15, 0.2) is 23.3 Å². The summed E-state index contributed by atoms with van der Waals surface area (Å²) in [5, 5.41) is 6.57. The lowest BCUT2D eigenvalue weighted by Crippen LogP contribution is -2.18. The molecule has 0 unspecified atom stereocenters. The number of nitrogens with zero attached hydrogens (tertiary/aromatic N) is 3. The summed E-state index contributed by atoms with van der Waals surface area (Å²) < 4.78 is 50.9. The number of hydrogen-bond donors (Lipinski definition) is 1. The van der Waals surface area contributed by atoms with Gasteiger partial charge in [-0.2, -0.15) is 27.8 Å². The molecule has 0 radical (unpaired) electrons. The fourth-order valence-corrected chi connectivity index (χ4v) is 2.06. The van der Waals surface area contributed by atoms with Crippen molar-refractivity contribution in [3.63, 3.8) is 0 Å². The molecule has 2 aromatic rings.